The van der Waals surface area contributed by atoms with Gasteiger partial charge in [0.25, 0.3) is 0 Å². The Balaban J connectivity index is 2.26. The maximum absolute atomic E-state index is 11.5. The fourth-order valence-corrected chi connectivity index (χ4v) is 1.71. The molecule has 0 aliphatic heterocycles. The van der Waals surface area contributed by atoms with Gasteiger partial charge in [-0.25, -0.2) is 4.99 Å². The average molecular weight is 305 g/mol. The summed E-state index contributed by atoms with van der Waals surface area (Å²) in [7, 11) is 3.46. The monoisotopic (exact) mass is 305 g/mol. The van der Waals surface area contributed by atoms with Crippen LogP contribution in [-0.2, 0) is 4.79 Å². The van der Waals surface area contributed by atoms with E-state index in [0.29, 0.717) is 5.96 Å². The molecule has 1 aromatic carbocycles. The Morgan fingerprint density at radius 3 is 2.50 bits per heavy atom. The van der Waals surface area contributed by atoms with Gasteiger partial charge in [-0.3, -0.25) is 4.79 Å². The second-order valence-electron chi connectivity index (χ2n) is 5.06. The number of nitrogens with one attached hydrogen (secondary N) is 3. The summed E-state index contributed by atoms with van der Waals surface area (Å²) in [6.07, 6.45) is 0.959. The van der Waals surface area contributed by atoms with Crippen LogP contribution in [0.15, 0.2) is 35.3 Å². The zero-order valence-electron chi connectivity index (χ0n) is 13.7. The summed E-state index contributed by atoms with van der Waals surface area (Å²) in [5.41, 5.74) is 1.12. The molecular weight excluding hydrogens is 278 g/mol. The van der Waals surface area contributed by atoms with Crippen molar-refractivity contribution in [3.05, 3.63) is 30.3 Å². The molecule has 6 nitrogen and oxygen atoms in total. The maximum Gasteiger partial charge on any atom is 0.243 e. The van der Waals surface area contributed by atoms with Crippen LogP contribution in [0.5, 0.6) is 0 Å². The van der Waals surface area contributed by atoms with E-state index in [4.69, 9.17) is 0 Å². The normalized spacial score (nSPS) is 11.0. The van der Waals surface area contributed by atoms with Crippen LogP contribution in [0.25, 0.3) is 0 Å². The molecule has 0 aromatic heterocycles. The molecule has 1 amide bonds. The average Bonchev–Trinajstić information content (AvgIpc) is 2.52. The van der Waals surface area contributed by atoms with Crippen LogP contribution in [0.2, 0.25) is 0 Å². The van der Waals surface area contributed by atoms with Crippen molar-refractivity contribution in [3.63, 3.8) is 0 Å². The second-order valence-corrected chi connectivity index (χ2v) is 5.06. The van der Waals surface area contributed by atoms with Crippen LogP contribution in [0.4, 0.5) is 5.69 Å². The molecule has 0 aliphatic carbocycles. The summed E-state index contributed by atoms with van der Waals surface area (Å²) in [6, 6.07) is 10.1. The summed E-state index contributed by atoms with van der Waals surface area (Å²) >= 11 is 0. The van der Waals surface area contributed by atoms with E-state index in [-0.39, 0.29) is 12.5 Å². The molecule has 6 heteroatoms. The topological polar surface area (TPSA) is 68.8 Å². The smallest absolute Gasteiger partial charge is 0.243 e. The predicted molar refractivity (Wildman–Crippen MR) is 92.2 cm³/mol. The van der Waals surface area contributed by atoms with E-state index in [0.717, 1.165) is 31.7 Å². The largest absolute Gasteiger partial charge is 0.385 e. The lowest BCUT2D eigenvalue weighted by Crippen LogP contribution is -2.39. The van der Waals surface area contributed by atoms with E-state index in [1.165, 1.54) is 4.90 Å². The zero-order chi connectivity index (χ0) is 16.2. The SMILES string of the molecule is CCNC(=NCC(=O)N(C)C)NCCCNc1ccccc1. The quantitative estimate of drug-likeness (QED) is 0.383. The van der Waals surface area contributed by atoms with Gasteiger partial charge in [0, 0.05) is 39.4 Å². The highest BCUT2D eigenvalue weighted by atomic mass is 16.2. The number of guanidine groups is 1. The molecule has 0 heterocycles. The molecule has 0 aliphatic rings. The van der Waals surface area contributed by atoms with Crippen molar-refractivity contribution in [3.8, 4) is 0 Å². The maximum atomic E-state index is 11.5. The van der Waals surface area contributed by atoms with Gasteiger partial charge >= 0.3 is 0 Å². The highest BCUT2D eigenvalue weighted by molar-refractivity contribution is 5.84. The highest BCUT2D eigenvalue weighted by Gasteiger charge is 2.03. The third-order valence-electron chi connectivity index (χ3n) is 2.96. The summed E-state index contributed by atoms with van der Waals surface area (Å²) < 4.78 is 0. The Hall–Kier alpha value is -2.24. The first-order valence-electron chi connectivity index (χ1n) is 7.64. The van der Waals surface area contributed by atoms with Gasteiger partial charge < -0.3 is 20.9 Å². The van der Waals surface area contributed by atoms with Crippen LogP contribution < -0.4 is 16.0 Å². The fraction of sp³-hybridized carbons (Fsp3) is 0.500. The van der Waals surface area contributed by atoms with Crippen LogP contribution in [0, 0.1) is 0 Å². The molecule has 22 heavy (non-hydrogen) atoms. The summed E-state index contributed by atoms with van der Waals surface area (Å²) in [6.45, 7) is 4.60. The molecule has 0 saturated carbocycles. The fourth-order valence-electron chi connectivity index (χ4n) is 1.71. The lowest BCUT2D eigenvalue weighted by molar-refractivity contribution is -0.127. The molecule has 122 valence electrons. The molecular formula is C16H27N5O. The Morgan fingerprint density at radius 2 is 1.86 bits per heavy atom. The number of benzene rings is 1. The van der Waals surface area contributed by atoms with Crippen molar-refractivity contribution in [1.82, 2.24) is 15.5 Å². The van der Waals surface area contributed by atoms with Crippen LogP contribution in [-0.4, -0.2) is 57.0 Å². The predicted octanol–water partition coefficient (Wildman–Crippen LogP) is 1.13. The van der Waals surface area contributed by atoms with E-state index in [9.17, 15) is 4.79 Å². The Kier molecular flexibility index (Phi) is 8.49. The molecule has 0 radical (unpaired) electrons. The standard InChI is InChI=1S/C16H27N5O/c1-4-17-16(20-13-15(22)21(2)3)19-12-8-11-18-14-9-6-5-7-10-14/h5-7,9-10,18H,4,8,11-13H2,1-3H3,(H2,17,19,20). The minimum atomic E-state index is -0.0112. The first kappa shape index (κ1) is 17.8. The summed E-state index contributed by atoms with van der Waals surface area (Å²) in [5, 5.41) is 9.72. The number of nitrogens with zero attached hydrogens (tertiary/aromatic N) is 2. The molecule has 1 rings (SSSR count). The molecule has 3 N–H and O–H groups in total. The van der Waals surface area contributed by atoms with Gasteiger partial charge in [-0.1, -0.05) is 18.2 Å². The Morgan fingerprint density at radius 1 is 1.14 bits per heavy atom. The van der Waals surface area contributed by atoms with Gasteiger partial charge in [0.2, 0.25) is 5.91 Å². The minimum absolute atomic E-state index is 0.0112. The Bertz CT molecular complexity index is 459. The van der Waals surface area contributed by atoms with Gasteiger partial charge in [0.15, 0.2) is 5.96 Å². The van der Waals surface area contributed by atoms with Gasteiger partial charge in [-0.2, -0.15) is 0 Å². The number of para-hydroxylation sites is 1. The first-order valence-corrected chi connectivity index (χ1v) is 7.64. The Labute approximate surface area is 133 Å². The lowest BCUT2D eigenvalue weighted by atomic mass is 10.3. The van der Waals surface area contributed by atoms with Crippen molar-refractivity contribution in [2.75, 3.05) is 45.6 Å². The molecule has 0 fully saturated rings. The number of amides is 1. The van der Waals surface area contributed by atoms with Gasteiger partial charge in [-0.05, 0) is 25.5 Å². The van der Waals surface area contributed by atoms with Crippen molar-refractivity contribution in [1.29, 1.82) is 0 Å². The second kappa shape index (κ2) is 10.5. The van der Waals surface area contributed by atoms with Gasteiger partial charge in [0.05, 0.1) is 0 Å². The van der Waals surface area contributed by atoms with Gasteiger partial charge in [0.1, 0.15) is 6.54 Å². The van der Waals surface area contributed by atoms with Crippen molar-refractivity contribution in [2.24, 2.45) is 4.99 Å². The molecule has 1 aromatic rings. The summed E-state index contributed by atoms with van der Waals surface area (Å²) in [5.74, 6) is 0.667. The molecule has 0 saturated heterocycles. The van der Waals surface area contributed by atoms with E-state index < -0.39 is 0 Å². The first-order chi connectivity index (χ1) is 10.6. The van der Waals surface area contributed by atoms with E-state index in [2.05, 4.69) is 20.9 Å². The third-order valence-corrected chi connectivity index (χ3v) is 2.96. The van der Waals surface area contributed by atoms with E-state index >= 15 is 0 Å². The van der Waals surface area contributed by atoms with E-state index in [1.54, 1.807) is 14.1 Å². The number of aliphatic imine (C=N–C) groups is 1. The highest BCUT2D eigenvalue weighted by Crippen LogP contribution is 2.03. The number of rotatable bonds is 8. The van der Waals surface area contributed by atoms with Crippen molar-refractivity contribution < 1.29 is 4.79 Å². The molecule has 0 bridgehead atoms. The minimum Gasteiger partial charge on any atom is -0.385 e. The van der Waals surface area contributed by atoms with Crippen LogP contribution >= 0.6 is 0 Å². The number of carbonyl (C=O) groups excluding carboxylic acids is 1. The van der Waals surface area contributed by atoms with E-state index in [1.807, 2.05) is 37.3 Å². The summed E-state index contributed by atoms with van der Waals surface area (Å²) in [4.78, 5) is 17.3. The third kappa shape index (κ3) is 7.52. The number of hydrogen-bond acceptors (Lipinski definition) is 3. The van der Waals surface area contributed by atoms with Crippen molar-refractivity contribution >= 4 is 17.6 Å². The number of likely N-dealkylation sites (N-methyl/N-ethyl adjacent to an activating group) is 1. The lowest BCUT2D eigenvalue weighted by Gasteiger charge is -2.13. The number of hydrogen-bond donors (Lipinski definition) is 3. The molecule has 0 atom stereocenters. The van der Waals surface area contributed by atoms with Crippen molar-refractivity contribution in [2.45, 2.75) is 13.3 Å². The molecule has 0 spiro atoms. The number of carbonyl (C=O) groups is 1. The zero-order valence-corrected chi connectivity index (χ0v) is 13.7. The number of anilines is 1. The van der Waals surface area contributed by atoms with Crippen LogP contribution in [0.1, 0.15) is 13.3 Å². The van der Waals surface area contributed by atoms with Crippen LogP contribution in [0.3, 0.4) is 0 Å². The molecule has 0 unspecified atom stereocenters. The van der Waals surface area contributed by atoms with Gasteiger partial charge in [-0.15, -0.1) is 0 Å².